The molecule has 2 aromatic rings. The van der Waals surface area contributed by atoms with Gasteiger partial charge < -0.3 is 0 Å². The number of nitrogens with one attached hydrogen (secondary N) is 2. The van der Waals surface area contributed by atoms with Gasteiger partial charge in [-0.25, -0.2) is 9.89 Å². The van der Waals surface area contributed by atoms with E-state index in [1.807, 2.05) is 0 Å². The van der Waals surface area contributed by atoms with Crippen molar-refractivity contribution in [1.29, 1.82) is 0 Å². The van der Waals surface area contributed by atoms with Crippen LogP contribution >= 0.6 is 34.2 Å². The van der Waals surface area contributed by atoms with Crippen LogP contribution in [0.25, 0.3) is 11.3 Å². The number of halogens is 2. The number of nitrogens with zero attached hydrogens (tertiary/aromatic N) is 1. The second kappa shape index (κ2) is 4.38. The number of rotatable bonds is 1. The number of H-pyrrole nitrogens is 2. The van der Waals surface area contributed by atoms with E-state index in [0.717, 1.165) is 3.57 Å². The van der Waals surface area contributed by atoms with Crippen molar-refractivity contribution in [1.82, 2.24) is 15.2 Å². The molecule has 0 spiro atoms. The van der Waals surface area contributed by atoms with Gasteiger partial charge in [0.1, 0.15) is 0 Å². The lowest BCUT2D eigenvalue weighted by Gasteiger charge is -2.02. The summed E-state index contributed by atoms with van der Waals surface area (Å²) in [4.78, 5) is 24.5. The van der Waals surface area contributed by atoms with E-state index < -0.39 is 11.2 Å². The molecule has 0 aliphatic heterocycles. The molecule has 0 radical (unpaired) electrons. The van der Waals surface area contributed by atoms with Crippen LogP contribution in [0.5, 0.6) is 0 Å². The van der Waals surface area contributed by atoms with E-state index in [2.05, 4.69) is 37.8 Å². The summed E-state index contributed by atoms with van der Waals surface area (Å²) in [6.07, 6.45) is 0. The standard InChI is InChI=1S/C9H5ClIN3O2/c10-4-1-2-6(11)5(3-4)7-8(15)12-9(16)14-13-7/h1-3H,(H2,12,14,15,16). The van der Waals surface area contributed by atoms with Crippen LogP contribution in [0.1, 0.15) is 0 Å². The van der Waals surface area contributed by atoms with Crippen molar-refractivity contribution in [3.63, 3.8) is 0 Å². The Morgan fingerprint density at radius 1 is 1.31 bits per heavy atom. The van der Waals surface area contributed by atoms with E-state index in [-0.39, 0.29) is 5.69 Å². The molecule has 82 valence electrons. The van der Waals surface area contributed by atoms with Crippen molar-refractivity contribution >= 4 is 34.2 Å². The monoisotopic (exact) mass is 349 g/mol. The number of benzene rings is 1. The zero-order chi connectivity index (χ0) is 11.7. The fraction of sp³-hybridized carbons (Fsp3) is 0. The third kappa shape index (κ3) is 2.17. The number of hydrogen-bond donors (Lipinski definition) is 2. The van der Waals surface area contributed by atoms with Crippen LogP contribution in [0.4, 0.5) is 0 Å². The van der Waals surface area contributed by atoms with Crippen LogP contribution in [-0.2, 0) is 0 Å². The Balaban J connectivity index is 2.72. The van der Waals surface area contributed by atoms with Crippen LogP contribution in [0.3, 0.4) is 0 Å². The second-order valence-electron chi connectivity index (χ2n) is 2.98. The first-order chi connectivity index (χ1) is 7.58. The summed E-state index contributed by atoms with van der Waals surface area (Å²) in [6, 6.07) is 5.11. The molecule has 0 atom stereocenters. The Kier molecular flexibility index (Phi) is 3.10. The van der Waals surface area contributed by atoms with Gasteiger partial charge in [0, 0.05) is 14.2 Å². The average Bonchev–Trinajstić information content (AvgIpc) is 2.22. The zero-order valence-corrected chi connectivity index (χ0v) is 10.7. The molecule has 0 saturated carbocycles. The van der Waals surface area contributed by atoms with E-state index in [4.69, 9.17) is 11.6 Å². The summed E-state index contributed by atoms with van der Waals surface area (Å²) in [5, 5.41) is 6.39. The van der Waals surface area contributed by atoms with Crippen molar-refractivity contribution < 1.29 is 0 Å². The summed E-state index contributed by atoms with van der Waals surface area (Å²) in [7, 11) is 0. The fourth-order valence-corrected chi connectivity index (χ4v) is 1.97. The van der Waals surface area contributed by atoms with Crippen LogP contribution in [0.15, 0.2) is 27.8 Å². The Morgan fingerprint density at radius 2 is 2.06 bits per heavy atom. The van der Waals surface area contributed by atoms with Gasteiger partial charge in [-0.05, 0) is 40.8 Å². The minimum absolute atomic E-state index is 0.145. The Labute approximate surface area is 108 Å². The van der Waals surface area contributed by atoms with Crippen molar-refractivity contribution in [2.75, 3.05) is 0 Å². The molecule has 0 bridgehead atoms. The quantitative estimate of drug-likeness (QED) is 0.764. The maximum absolute atomic E-state index is 11.5. The van der Waals surface area contributed by atoms with Crippen LogP contribution in [-0.4, -0.2) is 15.2 Å². The maximum Gasteiger partial charge on any atom is 0.342 e. The summed E-state index contributed by atoms with van der Waals surface area (Å²) in [5.74, 6) is 0. The second-order valence-corrected chi connectivity index (χ2v) is 4.58. The molecule has 16 heavy (non-hydrogen) atoms. The molecule has 0 amide bonds. The molecule has 5 nitrogen and oxygen atoms in total. The smallest absolute Gasteiger partial charge is 0.271 e. The number of aromatic nitrogens is 3. The highest BCUT2D eigenvalue weighted by molar-refractivity contribution is 14.1. The van der Waals surface area contributed by atoms with Gasteiger partial charge in [-0.3, -0.25) is 9.78 Å². The molecule has 0 fully saturated rings. The molecule has 0 saturated heterocycles. The highest BCUT2D eigenvalue weighted by Crippen LogP contribution is 2.24. The van der Waals surface area contributed by atoms with E-state index in [9.17, 15) is 9.59 Å². The third-order valence-corrected chi connectivity index (χ3v) is 3.07. The van der Waals surface area contributed by atoms with Crippen molar-refractivity contribution in [2.45, 2.75) is 0 Å². The van der Waals surface area contributed by atoms with Crippen LogP contribution < -0.4 is 11.2 Å². The average molecular weight is 350 g/mol. The first kappa shape index (κ1) is 11.3. The number of aromatic amines is 2. The van der Waals surface area contributed by atoms with Gasteiger partial charge in [0.05, 0.1) is 0 Å². The van der Waals surface area contributed by atoms with Gasteiger partial charge in [-0.1, -0.05) is 11.6 Å². The predicted molar refractivity (Wildman–Crippen MR) is 68.6 cm³/mol. The fourth-order valence-electron chi connectivity index (χ4n) is 1.21. The SMILES string of the molecule is O=c1[nH]nc(-c2cc(Cl)ccc2I)c(=O)[nH]1. The summed E-state index contributed by atoms with van der Waals surface area (Å²) in [5.41, 5.74) is -0.438. The summed E-state index contributed by atoms with van der Waals surface area (Å²) < 4.78 is 0.826. The topological polar surface area (TPSA) is 78.6 Å². The van der Waals surface area contributed by atoms with E-state index >= 15 is 0 Å². The van der Waals surface area contributed by atoms with E-state index in [1.165, 1.54) is 0 Å². The van der Waals surface area contributed by atoms with Gasteiger partial charge in [0.15, 0.2) is 5.69 Å². The first-order valence-corrected chi connectivity index (χ1v) is 5.68. The Hall–Kier alpha value is -1.15. The zero-order valence-electron chi connectivity index (χ0n) is 7.75. The lowest BCUT2D eigenvalue weighted by molar-refractivity contribution is 0.897. The lowest BCUT2D eigenvalue weighted by Crippen LogP contribution is -2.25. The molecule has 1 aromatic carbocycles. The molecular formula is C9H5ClIN3O2. The normalized spacial score (nSPS) is 10.4. The molecular weight excluding hydrogens is 344 g/mol. The van der Waals surface area contributed by atoms with Gasteiger partial charge >= 0.3 is 5.69 Å². The van der Waals surface area contributed by atoms with Crippen LogP contribution in [0.2, 0.25) is 5.02 Å². The molecule has 0 aliphatic carbocycles. The van der Waals surface area contributed by atoms with Crippen molar-refractivity contribution in [3.8, 4) is 11.3 Å². The molecule has 1 heterocycles. The highest BCUT2D eigenvalue weighted by atomic mass is 127. The highest BCUT2D eigenvalue weighted by Gasteiger charge is 2.10. The maximum atomic E-state index is 11.5. The van der Waals surface area contributed by atoms with Gasteiger partial charge in [-0.15, -0.1) is 0 Å². The summed E-state index contributed by atoms with van der Waals surface area (Å²) in [6.45, 7) is 0. The van der Waals surface area contributed by atoms with Crippen molar-refractivity contribution in [3.05, 3.63) is 47.6 Å². The van der Waals surface area contributed by atoms with Gasteiger partial charge in [-0.2, -0.15) is 5.10 Å². The molecule has 0 unspecified atom stereocenters. The minimum Gasteiger partial charge on any atom is -0.271 e. The van der Waals surface area contributed by atoms with Gasteiger partial charge in [0.25, 0.3) is 5.56 Å². The Bertz CT molecular complexity index is 650. The number of hydrogen-bond acceptors (Lipinski definition) is 3. The van der Waals surface area contributed by atoms with Crippen molar-refractivity contribution in [2.24, 2.45) is 0 Å². The molecule has 1 aromatic heterocycles. The molecule has 2 N–H and O–H groups in total. The van der Waals surface area contributed by atoms with E-state index in [1.54, 1.807) is 18.2 Å². The summed E-state index contributed by atoms with van der Waals surface area (Å²) >= 11 is 7.90. The predicted octanol–water partition coefficient (Wildman–Crippen LogP) is 1.38. The van der Waals surface area contributed by atoms with E-state index in [0.29, 0.717) is 10.6 Å². The molecule has 2 rings (SSSR count). The Morgan fingerprint density at radius 3 is 2.75 bits per heavy atom. The van der Waals surface area contributed by atoms with Gasteiger partial charge in [0.2, 0.25) is 0 Å². The largest absolute Gasteiger partial charge is 0.342 e. The lowest BCUT2D eigenvalue weighted by atomic mass is 10.2. The van der Waals surface area contributed by atoms with Crippen LogP contribution in [0, 0.1) is 3.57 Å². The first-order valence-electron chi connectivity index (χ1n) is 4.22. The minimum atomic E-state index is -0.634. The molecule has 0 aliphatic rings. The molecule has 7 heteroatoms. The third-order valence-electron chi connectivity index (χ3n) is 1.89.